The van der Waals surface area contributed by atoms with Crippen molar-refractivity contribution in [1.29, 1.82) is 0 Å². The average molecular weight is 275 g/mol. The van der Waals surface area contributed by atoms with Crippen molar-refractivity contribution in [1.82, 2.24) is 0 Å². The molecule has 106 valence electrons. The third-order valence-corrected chi connectivity index (χ3v) is 3.21. The molecule has 2 N–H and O–H groups in total. The van der Waals surface area contributed by atoms with Gasteiger partial charge in [-0.05, 0) is 30.2 Å². The van der Waals surface area contributed by atoms with Crippen molar-refractivity contribution in [3.05, 3.63) is 59.4 Å². The van der Waals surface area contributed by atoms with Crippen LogP contribution < -0.4 is 15.2 Å². The Morgan fingerprint density at radius 3 is 2.40 bits per heavy atom. The van der Waals surface area contributed by atoms with E-state index in [4.69, 9.17) is 15.2 Å². The van der Waals surface area contributed by atoms with E-state index < -0.39 is 6.04 Å². The molecule has 0 aliphatic carbocycles. The lowest BCUT2D eigenvalue weighted by molar-refractivity contribution is 0.354. The molecular weight excluding hydrogens is 257 g/mol. The summed E-state index contributed by atoms with van der Waals surface area (Å²) in [5, 5.41) is 0. The van der Waals surface area contributed by atoms with Gasteiger partial charge in [-0.3, -0.25) is 0 Å². The lowest BCUT2D eigenvalue weighted by Crippen LogP contribution is -2.15. The minimum atomic E-state index is -0.394. The molecule has 0 bridgehead atoms. The van der Waals surface area contributed by atoms with Gasteiger partial charge in [-0.2, -0.15) is 0 Å². The molecule has 0 saturated carbocycles. The minimum absolute atomic E-state index is 0.277. The fourth-order valence-corrected chi connectivity index (χ4v) is 2.15. The maximum Gasteiger partial charge on any atom is 0.160 e. The smallest absolute Gasteiger partial charge is 0.160 e. The van der Waals surface area contributed by atoms with Crippen LogP contribution in [0.4, 0.5) is 4.39 Å². The van der Waals surface area contributed by atoms with Gasteiger partial charge in [-0.15, -0.1) is 0 Å². The maximum absolute atomic E-state index is 13.7. The molecule has 4 heteroatoms. The number of methoxy groups -OCH3 is 2. The first kappa shape index (κ1) is 14.3. The van der Waals surface area contributed by atoms with E-state index in [1.54, 1.807) is 32.4 Å². The summed E-state index contributed by atoms with van der Waals surface area (Å²) in [7, 11) is 3.17. The van der Waals surface area contributed by atoms with Crippen molar-refractivity contribution in [2.75, 3.05) is 14.2 Å². The highest BCUT2D eigenvalue weighted by molar-refractivity contribution is 5.43. The second-order valence-electron chi connectivity index (χ2n) is 4.52. The van der Waals surface area contributed by atoms with Gasteiger partial charge in [0.2, 0.25) is 0 Å². The van der Waals surface area contributed by atoms with Crippen LogP contribution in [0.25, 0.3) is 0 Å². The molecule has 2 rings (SSSR count). The number of rotatable bonds is 5. The molecule has 1 atom stereocenters. The van der Waals surface area contributed by atoms with E-state index in [2.05, 4.69) is 0 Å². The third-order valence-electron chi connectivity index (χ3n) is 3.21. The SMILES string of the molecule is COc1ccc(CC(N)c2ccccc2F)cc1OC. The molecule has 3 nitrogen and oxygen atoms in total. The molecule has 0 heterocycles. The molecule has 1 unspecified atom stereocenters. The topological polar surface area (TPSA) is 44.5 Å². The van der Waals surface area contributed by atoms with E-state index in [1.165, 1.54) is 6.07 Å². The highest BCUT2D eigenvalue weighted by Crippen LogP contribution is 2.29. The fourth-order valence-electron chi connectivity index (χ4n) is 2.15. The van der Waals surface area contributed by atoms with Gasteiger partial charge in [0.05, 0.1) is 14.2 Å². The van der Waals surface area contributed by atoms with Crippen LogP contribution in [0, 0.1) is 5.82 Å². The maximum atomic E-state index is 13.7. The number of halogens is 1. The van der Waals surface area contributed by atoms with Gasteiger partial charge in [0.15, 0.2) is 11.5 Å². The molecule has 0 fully saturated rings. The minimum Gasteiger partial charge on any atom is -0.493 e. The third kappa shape index (κ3) is 3.08. The van der Waals surface area contributed by atoms with Gasteiger partial charge in [-0.1, -0.05) is 24.3 Å². The molecular formula is C16H18FNO2. The van der Waals surface area contributed by atoms with Gasteiger partial charge >= 0.3 is 0 Å². The summed E-state index contributed by atoms with van der Waals surface area (Å²) < 4.78 is 24.1. The van der Waals surface area contributed by atoms with Crippen LogP contribution in [0.1, 0.15) is 17.2 Å². The van der Waals surface area contributed by atoms with Crippen LogP contribution in [0.15, 0.2) is 42.5 Å². The number of hydrogen-bond acceptors (Lipinski definition) is 3. The van der Waals surface area contributed by atoms with Crippen LogP contribution in [0.5, 0.6) is 11.5 Å². The molecule has 0 aliphatic heterocycles. The van der Waals surface area contributed by atoms with E-state index in [1.807, 2.05) is 18.2 Å². The zero-order valence-corrected chi connectivity index (χ0v) is 11.6. The lowest BCUT2D eigenvalue weighted by Gasteiger charge is -2.14. The van der Waals surface area contributed by atoms with Crippen LogP contribution in [0.3, 0.4) is 0 Å². The second-order valence-corrected chi connectivity index (χ2v) is 4.52. The van der Waals surface area contributed by atoms with Crippen molar-refractivity contribution in [2.45, 2.75) is 12.5 Å². The van der Waals surface area contributed by atoms with E-state index in [0.717, 1.165) is 5.56 Å². The van der Waals surface area contributed by atoms with Gasteiger partial charge < -0.3 is 15.2 Å². The quantitative estimate of drug-likeness (QED) is 0.912. The van der Waals surface area contributed by atoms with Gasteiger partial charge in [0.25, 0.3) is 0 Å². The van der Waals surface area contributed by atoms with Crippen LogP contribution in [0.2, 0.25) is 0 Å². The highest BCUT2D eigenvalue weighted by Gasteiger charge is 2.13. The Morgan fingerprint density at radius 1 is 1.05 bits per heavy atom. The first-order valence-corrected chi connectivity index (χ1v) is 6.36. The summed E-state index contributed by atoms with van der Waals surface area (Å²) in [6.45, 7) is 0. The number of benzene rings is 2. The van der Waals surface area contributed by atoms with Crippen LogP contribution >= 0.6 is 0 Å². The van der Waals surface area contributed by atoms with Gasteiger partial charge in [-0.25, -0.2) is 4.39 Å². The van der Waals surface area contributed by atoms with E-state index in [0.29, 0.717) is 23.5 Å². The van der Waals surface area contributed by atoms with Gasteiger partial charge in [0, 0.05) is 11.6 Å². The Balaban J connectivity index is 2.20. The predicted molar refractivity (Wildman–Crippen MR) is 76.6 cm³/mol. The molecule has 0 amide bonds. The van der Waals surface area contributed by atoms with Gasteiger partial charge in [0.1, 0.15) is 5.82 Å². The number of ether oxygens (including phenoxy) is 2. The Hall–Kier alpha value is -2.07. The largest absolute Gasteiger partial charge is 0.493 e. The Morgan fingerprint density at radius 2 is 1.75 bits per heavy atom. The zero-order chi connectivity index (χ0) is 14.5. The zero-order valence-electron chi connectivity index (χ0n) is 11.6. The molecule has 20 heavy (non-hydrogen) atoms. The molecule has 0 aromatic heterocycles. The van der Waals surface area contributed by atoms with Crippen molar-refractivity contribution in [3.8, 4) is 11.5 Å². The number of hydrogen-bond donors (Lipinski definition) is 1. The number of nitrogens with two attached hydrogens (primary N) is 1. The van der Waals surface area contributed by atoms with Crippen LogP contribution in [-0.4, -0.2) is 14.2 Å². The standard InChI is InChI=1S/C16H18FNO2/c1-19-15-8-7-11(10-16(15)20-2)9-14(18)12-5-3-4-6-13(12)17/h3-8,10,14H,9,18H2,1-2H3. The summed E-state index contributed by atoms with van der Waals surface area (Å²) in [5.74, 6) is 1.03. The molecule has 2 aromatic rings. The first-order chi connectivity index (χ1) is 9.65. The molecule has 0 aliphatic rings. The van der Waals surface area contributed by atoms with Crippen molar-refractivity contribution >= 4 is 0 Å². The van der Waals surface area contributed by atoms with E-state index in [-0.39, 0.29) is 5.82 Å². The predicted octanol–water partition coefficient (Wildman–Crippen LogP) is 3.09. The van der Waals surface area contributed by atoms with Crippen LogP contribution in [-0.2, 0) is 6.42 Å². The summed E-state index contributed by atoms with van der Waals surface area (Å²) in [6, 6.07) is 11.8. The normalized spacial score (nSPS) is 12.0. The Bertz CT molecular complexity index is 586. The van der Waals surface area contributed by atoms with Crippen molar-refractivity contribution < 1.29 is 13.9 Å². The highest BCUT2D eigenvalue weighted by atomic mass is 19.1. The first-order valence-electron chi connectivity index (χ1n) is 6.36. The summed E-state index contributed by atoms with van der Waals surface area (Å²) in [5.41, 5.74) is 7.56. The molecule has 0 spiro atoms. The molecule has 0 saturated heterocycles. The fraction of sp³-hybridized carbons (Fsp3) is 0.250. The summed E-state index contributed by atoms with van der Waals surface area (Å²) >= 11 is 0. The summed E-state index contributed by atoms with van der Waals surface area (Å²) in [6.07, 6.45) is 0.529. The van der Waals surface area contributed by atoms with E-state index in [9.17, 15) is 4.39 Å². The lowest BCUT2D eigenvalue weighted by atomic mass is 9.99. The molecule has 2 aromatic carbocycles. The molecule has 0 radical (unpaired) electrons. The van der Waals surface area contributed by atoms with E-state index >= 15 is 0 Å². The van der Waals surface area contributed by atoms with Crippen molar-refractivity contribution in [3.63, 3.8) is 0 Å². The Labute approximate surface area is 118 Å². The average Bonchev–Trinajstić information content (AvgIpc) is 2.47. The summed E-state index contributed by atoms with van der Waals surface area (Å²) in [4.78, 5) is 0. The Kier molecular flexibility index (Phi) is 4.58. The second kappa shape index (κ2) is 6.39. The van der Waals surface area contributed by atoms with Crippen molar-refractivity contribution in [2.24, 2.45) is 5.73 Å². The monoisotopic (exact) mass is 275 g/mol.